The average molecular weight is 383 g/mol. The van der Waals surface area contributed by atoms with E-state index in [1.807, 2.05) is 25.1 Å². The number of nitrogens with one attached hydrogen (secondary N) is 2. The zero-order chi connectivity index (χ0) is 19.2. The van der Waals surface area contributed by atoms with Crippen LogP contribution in [0.5, 0.6) is 5.75 Å². The lowest BCUT2D eigenvalue weighted by molar-refractivity contribution is -0.116. The molecule has 2 aromatic carbocycles. The highest BCUT2D eigenvalue weighted by molar-refractivity contribution is 7.22. The number of hydrogen-bond acceptors (Lipinski definition) is 5. The number of thiazole rings is 1. The normalized spacial score (nSPS) is 10.6. The quantitative estimate of drug-likeness (QED) is 0.620. The van der Waals surface area contributed by atoms with Crippen molar-refractivity contribution in [1.29, 1.82) is 0 Å². The number of hydrogen-bond donors (Lipinski definition) is 2. The summed E-state index contributed by atoms with van der Waals surface area (Å²) in [4.78, 5) is 28.6. The monoisotopic (exact) mass is 383 g/mol. The molecule has 3 rings (SSSR count). The molecule has 7 heteroatoms. The largest absolute Gasteiger partial charge is 0.497 e. The number of anilines is 2. The zero-order valence-corrected chi connectivity index (χ0v) is 16.1. The summed E-state index contributed by atoms with van der Waals surface area (Å²) >= 11 is 1.39. The summed E-state index contributed by atoms with van der Waals surface area (Å²) in [6, 6.07) is 12.4. The summed E-state index contributed by atoms with van der Waals surface area (Å²) in [5.41, 5.74) is 1.99. The Balaban J connectivity index is 1.64. The van der Waals surface area contributed by atoms with Crippen LogP contribution >= 0.6 is 11.3 Å². The number of ether oxygens (including phenoxy) is 1. The average Bonchev–Trinajstić information content (AvgIpc) is 3.08. The number of rotatable bonds is 7. The maximum Gasteiger partial charge on any atom is 0.257 e. The number of unbranched alkanes of at least 4 members (excludes halogenated alkanes) is 1. The van der Waals surface area contributed by atoms with Gasteiger partial charge in [0.15, 0.2) is 5.13 Å². The van der Waals surface area contributed by atoms with Gasteiger partial charge in [-0.25, -0.2) is 4.98 Å². The molecule has 0 saturated carbocycles. The molecular formula is C20H21N3O3S. The summed E-state index contributed by atoms with van der Waals surface area (Å²) < 4.78 is 6.14. The zero-order valence-electron chi connectivity index (χ0n) is 15.2. The number of methoxy groups -OCH3 is 1. The minimum atomic E-state index is -0.245. The Bertz CT molecular complexity index is 951. The molecule has 0 unspecified atom stereocenters. The SMILES string of the molecule is CCCCC(=O)Nc1ccc(C(=O)Nc2nc3ccc(OC)cc3s2)cc1. The van der Waals surface area contributed by atoms with Gasteiger partial charge in [-0.3, -0.25) is 14.9 Å². The Morgan fingerprint density at radius 3 is 2.59 bits per heavy atom. The van der Waals surface area contributed by atoms with Crippen LogP contribution in [0.2, 0.25) is 0 Å². The standard InChI is InChI=1S/C20H21N3O3S/c1-3-4-5-18(24)21-14-8-6-13(7-9-14)19(25)23-20-22-16-11-10-15(26-2)12-17(16)27-20/h6-12H,3-5H2,1-2H3,(H,21,24)(H,22,23,25). The van der Waals surface area contributed by atoms with Gasteiger partial charge >= 0.3 is 0 Å². The third-order valence-electron chi connectivity index (χ3n) is 4.00. The molecular weight excluding hydrogens is 362 g/mol. The number of carbonyl (C=O) groups excluding carboxylic acids is 2. The van der Waals surface area contributed by atoms with Crippen LogP contribution in [-0.4, -0.2) is 23.9 Å². The van der Waals surface area contributed by atoms with Crippen molar-refractivity contribution in [3.63, 3.8) is 0 Å². The minimum absolute atomic E-state index is 0.0149. The second kappa shape index (κ2) is 8.64. The summed E-state index contributed by atoms with van der Waals surface area (Å²) in [5, 5.41) is 6.17. The minimum Gasteiger partial charge on any atom is -0.497 e. The van der Waals surface area contributed by atoms with Crippen LogP contribution in [-0.2, 0) is 4.79 Å². The predicted octanol–water partition coefficient (Wildman–Crippen LogP) is 4.69. The number of amides is 2. The maximum absolute atomic E-state index is 12.4. The molecule has 0 spiro atoms. The third kappa shape index (κ3) is 4.83. The second-order valence-electron chi connectivity index (χ2n) is 6.04. The van der Waals surface area contributed by atoms with Gasteiger partial charge in [0.1, 0.15) is 5.75 Å². The molecule has 0 saturated heterocycles. The van der Waals surface area contributed by atoms with Gasteiger partial charge in [-0.15, -0.1) is 0 Å². The molecule has 0 aliphatic rings. The van der Waals surface area contributed by atoms with E-state index in [1.165, 1.54) is 11.3 Å². The molecule has 1 heterocycles. The molecule has 140 valence electrons. The maximum atomic E-state index is 12.4. The Kier molecular flexibility index (Phi) is 6.03. The molecule has 0 bridgehead atoms. The van der Waals surface area contributed by atoms with Crippen LogP contribution in [0.1, 0.15) is 36.5 Å². The summed E-state index contributed by atoms with van der Waals surface area (Å²) in [7, 11) is 1.61. The first-order chi connectivity index (χ1) is 13.1. The van der Waals surface area contributed by atoms with Crippen LogP contribution in [0.25, 0.3) is 10.2 Å². The van der Waals surface area contributed by atoms with E-state index in [4.69, 9.17) is 4.74 Å². The van der Waals surface area contributed by atoms with Crippen LogP contribution in [0, 0.1) is 0 Å². The fraction of sp³-hybridized carbons (Fsp3) is 0.250. The van der Waals surface area contributed by atoms with Crippen molar-refractivity contribution in [2.45, 2.75) is 26.2 Å². The molecule has 0 radical (unpaired) electrons. The smallest absolute Gasteiger partial charge is 0.257 e. The van der Waals surface area contributed by atoms with E-state index in [0.29, 0.717) is 22.8 Å². The van der Waals surface area contributed by atoms with Crippen molar-refractivity contribution in [2.75, 3.05) is 17.7 Å². The van der Waals surface area contributed by atoms with Crippen molar-refractivity contribution >= 4 is 44.2 Å². The fourth-order valence-electron chi connectivity index (χ4n) is 2.52. The van der Waals surface area contributed by atoms with E-state index >= 15 is 0 Å². The Hall–Kier alpha value is -2.93. The number of fused-ring (bicyclic) bond motifs is 1. The van der Waals surface area contributed by atoms with Crippen molar-refractivity contribution in [3.05, 3.63) is 48.0 Å². The molecule has 2 N–H and O–H groups in total. The van der Waals surface area contributed by atoms with Crippen molar-refractivity contribution < 1.29 is 14.3 Å². The first-order valence-electron chi connectivity index (χ1n) is 8.75. The van der Waals surface area contributed by atoms with E-state index in [2.05, 4.69) is 15.6 Å². The van der Waals surface area contributed by atoms with Crippen LogP contribution in [0.15, 0.2) is 42.5 Å². The highest BCUT2D eigenvalue weighted by Crippen LogP contribution is 2.29. The van der Waals surface area contributed by atoms with Gasteiger partial charge < -0.3 is 10.1 Å². The molecule has 1 aromatic heterocycles. The molecule has 27 heavy (non-hydrogen) atoms. The molecule has 2 amide bonds. The molecule has 0 atom stereocenters. The van der Waals surface area contributed by atoms with Gasteiger partial charge in [-0.1, -0.05) is 24.7 Å². The highest BCUT2D eigenvalue weighted by Gasteiger charge is 2.11. The van der Waals surface area contributed by atoms with Gasteiger partial charge in [0.2, 0.25) is 5.91 Å². The van der Waals surface area contributed by atoms with Crippen molar-refractivity contribution in [1.82, 2.24) is 4.98 Å². The number of nitrogens with zero attached hydrogens (tertiary/aromatic N) is 1. The first-order valence-corrected chi connectivity index (χ1v) is 9.56. The van der Waals surface area contributed by atoms with Gasteiger partial charge in [0.25, 0.3) is 5.91 Å². The van der Waals surface area contributed by atoms with E-state index in [-0.39, 0.29) is 11.8 Å². The van der Waals surface area contributed by atoms with Crippen LogP contribution in [0.3, 0.4) is 0 Å². The summed E-state index contributed by atoms with van der Waals surface area (Å²) in [5.74, 6) is 0.490. The van der Waals surface area contributed by atoms with Gasteiger partial charge in [0.05, 0.1) is 17.3 Å². The molecule has 0 aliphatic carbocycles. The summed E-state index contributed by atoms with van der Waals surface area (Å²) in [6.07, 6.45) is 2.34. The molecule has 0 aliphatic heterocycles. The molecule has 0 fully saturated rings. The van der Waals surface area contributed by atoms with Crippen LogP contribution in [0.4, 0.5) is 10.8 Å². The molecule has 3 aromatic rings. The van der Waals surface area contributed by atoms with Crippen molar-refractivity contribution in [2.24, 2.45) is 0 Å². The van der Waals surface area contributed by atoms with Crippen LogP contribution < -0.4 is 15.4 Å². The van der Waals surface area contributed by atoms with E-state index in [0.717, 1.165) is 28.8 Å². The summed E-state index contributed by atoms with van der Waals surface area (Å²) in [6.45, 7) is 2.04. The number of benzene rings is 2. The second-order valence-corrected chi connectivity index (χ2v) is 7.07. The lowest BCUT2D eigenvalue weighted by atomic mass is 10.2. The van der Waals surface area contributed by atoms with E-state index in [9.17, 15) is 9.59 Å². The number of aromatic nitrogens is 1. The number of carbonyl (C=O) groups is 2. The molecule has 6 nitrogen and oxygen atoms in total. The third-order valence-corrected chi connectivity index (χ3v) is 4.94. The van der Waals surface area contributed by atoms with E-state index in [1.54, 1.807) is 31.4 Å². The Labute approximate surface area is 161 Å². The lowest BCUT2D eigenvalue weighted by Gasteiger charge is -2.06. The predicted molar refractivity (Wildman–Crippen MR) is 109 cm³/mol. The van der Waals surface area contributed by atoms with Gasteiger partial charge in [-0.2, -0.15) is 0 Å². The highest BCUT2D eigenvalue weighted by atomic mass is 32.1. The first kappa shape index (κ1) is 18.8. The Morgan fingerprint density at radius 2 is 1.89 bits per heavy atom. The Morgan fingerprint density at radius 1 is 1.11 bits per heavy atom. The lowest BCUT2D eigenvalue weighted by Crippen LogP contribution is -2.13. The van der Waals surface area contributed by atoms with Gasteiger partial charge in [-0.05, 0) is 48.9 Å². The van der Waals surface area contributed by atoms with E-state index < -0.39 is 0 Å². The van der Waals surface area contributed by atoms with Crippen molar-refractivity contribution in [3.8, 4) is 5.75 Å². The topological polar surface area (TPSA) is 80.3 Å². The van der Waals surface area contributed by atoms with Gasteiger partial charge in [0, 0.05) is 17.7 Å². The fourth-order valence-corrected chi connectivity index (χ4v) is 3.41.